The summed E-state index contributed by atoms with van der Waals surface area (Å²) in [7, 11) is 0. The zero-order valence-corrected chi connectivity index (χ0v) is 16.4. The summed E-state index contributed by atoms with van der Waals surface area (Å²) in [5.41, 5.74) is 0.435. The summed E-state index contributed by atoms with van der Waals surface area (Å²) >= 11 is 0. The largest absolute Gasteiger partial charge is 0.394 e. The van der Waals surface area contributed by atoms with Gasteiger partial charge in [0.15, 0.2) is 0 Å². The highest BCUT2D eigenvalue weighted by Gasteiger charge is 2.58. The molecule has 5 aliphatic rings. The maximum atomic E-state index is 13.5. The van der Waals surface area contributed by atoms with Gasteiger partial charge in [-0.25, -0.2) is 0 Å². The molecule has 4 bridgehead atoms. The van der Waals surface area contributed by atoms with E-state index in [4.69, 9.17) is 4.74 Å². The van der Waals surface area contributed by atoms with Gasteiger partial charge >= 0.3 is 0 Å². The maximum Gasteiger partial charge on any atom is 0.223 e. The van der Waals surface area contributed by atoms with Crippen LogP contribution in [0.2, 0.25) is 0 Å². The lowest BCUT2D eigenvalue weighted by Crippen LogP contribution is -2.57. The Bertz CT molecular complexity index is 721. The first-order valence-corrected chi connectivity index (χ1v) is 10.8. The Kier molecular flexibility index (Phi) is 4.53. The number of hydrogen-bond donors (Lipinski definition) is 2. The third-order valence-corrected chi connectivity index (χ3v) is 7.67. The predicted molar refractivity (Wildman–Crippen MR) is 104 cm³/mol. The zero-order chi connectivity index (χ0) is 19.4. The molecule has 5 heteroatoms. The molecule has 1 saturated heterocycles. The van der Waals surface area contributed by atoms with Crippen molar-refractivity contribution in [3.05, 3.63) is 35.9 Å². The fraction of sp³-hybridized carbons (Fsp3) is 0.696. The van der Waals surface area contributed by atoms with Crippen molar-refractivity contribution in [2.75, 3.05) is 19.8 Å². The normalized spacial score (nSPS) is 42.0. The molecule has 2 N–H and O–H groups in total. The van der Waals surface area contributed by atoms with Gasteiger partial charge in [-0.3, -0.25) is 4.79 Å². The van der Waals surface area contributed by atoms with E-state index >= 15 is 0 Å². The molecule has 1 heterocycles. The quantitative estimate of drug-likeness (QED) is 0.836. The van der Waals surface area contributed by atoms with Gasteiger partial charge in [0.1, 0.15) is 6.10 Å². The highest BCUT2D eigenvalue weighted by atomic mass is 16.5. The van der Waals surface area contributed by atoms with Gasteiger partial charge in [-0.15, -0.1) is 0 Å². The molecule has 4 saturated carbocycles. The Morgan fingerprint density at radius 1 is 1.14 bits per heavy atom. The smallest absolute Gasteiger partial charge is 0.223 e. The third kappa shape index (κ3) is 3.17. The first-order valence-electron chi connectivity index (χ1n) is 10.8. The van der Waals surface area contributed by atoms with Crippen LogP contribution in [0.25, 0.3) is 0 Å². The molecule has 5 nitrogen and oxygen atoms in total. The summed E-state index contributed by atoms with van der Waals surface area (Å²) in [5.74, 6) is 1.32. The van der Waals surface area contributed by atoms with E-state index in [1.54, 1.807) is 0 Å². The molecule has 2 unspecified atom stereocenters. The molecule has 1 aromatic rings. The highest BCUT2D eigenvalue weighted by molar-refractivity contribution is 5.78. The van der Waals surface area contributed by atoms with E-state index in [2.05, 4.69) is 0 Å². The predicted octanol–water partition coefficient (Wildman–Crippen LogP) is 2.67. The molecule has 28 heavy (non-hydrogen) atoms. The third-order valence-electron chi connectivity index (χ3n) is 7.67. The summed E-state index contributed by atoms with van der Waals surface area (Å²) < 4.78 is 5.80. The van der Waals surface area contributed by atoms with Crippen LogP contribution < -0.4 is 0 Å². The number of rotatable bonds is 4. The average Bonchev–Trinajstić information content (AvgIpc) is 2.65. The molecule has 4 aliphatic carbocycles. The van der Waals surface area contributed by atoms with Gasteiger partial charge < -0.3 is 19.8 Å². The van der Waals surface area contributed by atoms with Gasteiger partial charge in [0.05, 0.1) is 24.9 Å². The molecule has 0 spiro atoms. The highest BCUT2D eigenvalue weighted by Crippen LogP contribution is 2.63. The number of carbonyl (C=O) groups excluding carboxylic acids is 1. The lowest BCUT2D eigenvalue weighted by molar-refractivity contribution is -0.177. The summed E-state index contributed by atoms with van der Waals surface area (Å²) in [4.78, 5) is 15.5. The minimum absolute atomic E-state index is 0.0375. The number of hydrogen-bond acceptors (Lipinski definition) is 4. The molecule has 1 aromatic carbocycles. The van der Waals surface area contributed by atoms with E-state index in [0.717, 1.165) is 37.7 Å². The average molecular weight is 386 g/mol. The van der Waals surface area contributed by atoms with E-state index in [9.17, 15) is 15.0 Å². The molecule has 0 aromatic heterocycles. The van der Waals surface area contributed by atoms with E-state index in [1.165, 1.54) is 6.42 Å². The SMILES string of the molecule is O=C(CC12CC3CC(CC(O)(C3)C1)C2)N1CCO[C@H](CO)[C@H]1c1ccccc1. The van der Waals surface area contributed by atoms with Crippen molar-refractivity contribution >= 4 is 5.91 Å². The minimum atomic E-state index is -0.540. The van der Waals surface area contributed by atoms with Crippen LogP contribution in [-0.2, 0) is 9.53 Å². The molecular formula is C23H31NO4. The Balaban J connectivity index is 1.39. The first-order chi connectivity index (χ1) is 13.5. The molecule has 1 amide bonds. The van der Waals surface area contributed by atoms with Crippen molar-refractivity contribution in [3.8, 4) is 0 Å². The van der Waals surface area contributed by atoms with E-state index in [0.29, 0.717) is 31.4 Å². The maximum absolute atomic E-state index is 13.5. The summed E-state index contributed by atoms with van der Waals surface area (Å²) in [6.45, 7) is 0.920. The Hall–Kier alpha value is -1.43. The zero-order valence-electron chi connectivity index (χ0n) is 16.4. The van der Waals surface area contributed by atoms with Crippen LogP contribution >= 0.6 is 0 Å². The molecule has 5 fully saturated rings. The molecule has 1 aliphatic heterocycles. The van der Waals surface area contributed by atoms with Crippen molar-refractivity contribution in [1.82, 2.24) is 4.90 Å². The lowest BCUT2D eigenvalue weighted by Gasteiger charge is -2.60. The molecule has 6 rings (SSSR count). The number of ether oxygens (including phenoxy) is 1. The Labute approximate surface area is 166 Å². The molecular weight excluding hydrogens is 354 g/mol. The second kappa shape index (κ2) is 6.82. The van der Waals surface area contributed by atoms with Gasteiger partial charge in [-0.1, -0.05) is 30.3 Å². The van der Waals surface area contributed by atoms with Crippen LogP contribution in [0.5, 0.6) is 0 Å². The van der Waals surface area contributed by atoms with Crippen LogP contribution in [-0.4, -0.2) is 52.5 Å². The number of aliphatic hydroxyl groups excluding tert-OH is 1. The molecule has 0 radical (unpaired) electrons. The summed E-state index contributed by atoms with van der Waals surface area (Å²) in [6, 6.07) is 9.67. The number of nitrogens with zero attached hydrogens (tertiary/aromatic N) is 1. The lowest BCUT2D eigenvalue weighted by atomic mass is 9.47. The van der Waals surface area contributed by atoms with Gasteiger partial charge in [-0.05, 0) is 61.3 Å². The van der Waals surface area contributed by atoms with Crippen molar-refractivity contribution in [2.45, 2.75) is 62.7 Å². The number of morpholine rings is 1. The van der Waals surface area contributed by atoms with Gasteiger partial charge in [-0.2, -0.15) is 0 Å². The van der Waals surface area contributed by atoms with Crippen LogP contribution in [0, 0.1) is 17.3 Å². The number of aliphatic hydroxyl groups is 2. The second-order valence-corrected chi connectivity index (χ2v) is 9.90. The van der Waals surface area contributed by atoms with Crippen LogP contribution in [0.1, 0.15) is 56.6 Å². The van der Waals surface area contributed by atoms with Crippen LogP contribution in [0.4, 0.5) is 0 Å². The van der Waals surface area contributed by atoms with Crippen LogP contribution in [0.15, 0.2) is 30.3 Å². The fourth-order valence-corrected chi connectivity index (χ4v) is 7.24. The van der Waals surface area contributed by atoms with E-state index < -0.39 is 5.60 Å². The monoisotopic (exact) mass is 385 g/mol. The Morgan fingerprint density at radius 3 is 2.50 bits per heavy atom. The fourth-order valence-electron chi connectivity index (χ4n) is 7.24. The Morgan fingerprint density at radius 2 is 1.86 bits per heavy atom. The molecule has 152 valence electrons. The second-order valence-electron chi connectivity index (χ2n) is 9.90. The first kappa shape index (κ1) is 18.6. The van der Waals surface area contributed by atoms with Crippen molar-refractivity contribution in [3.63, 3.8) is 0 Å². The molecule has 4 atom stereocenters. The van der Waals surface area contributed by atoms with Crippen molar-refractivity contribution < 1.29 is 19.7 Å². The van der Waals surface area contributed by atoms with Crippen molar-refractivity contribution in [2.24, 2.45) is 17.3 Å². The topological polar surface area (TPSA) is 70.0 Å². The van der Waals surface area contributed by atoms with Crippen molar-refractivity contribution in [1.29, 1.82) is 0 Å². The number of benzene rings is 1. The van der Waals surface area contributed by atoms with Gasteiger partial charge in [0.2, 0.25) is 5.91 Å². The number of amides is 1. The summed E-state index contributed by atoms with van der Waals surface area (Å²) in [6.07, 6.45) is 6.16. The standard InChI is InChI=1S/C23H31NO4/c25-14-19-21(18-4-2-1-3-5-18)24(6-7-28-19)20(26)13-22-9-16-8-17(10-22)12-23(27,11-16)15-22/h1-5,16-17,19,21,25,27H,6-15H2/t16?,17?,19-,21-,22?,23?/m1/s1. The van der Waals surface area contributed by atoms with Gasteiger partial charge in [0.25, 0.3) is 0 Å². The number of carbonyl (C=O) groups is 1. The summed E-state index contributed by atoms with van der Waals surface area (Å²) in [5, 5.41) is 20.9. The van der Waals surface area contributed by atoms with Gasteiger partial charge in [0, 0.05) is 13.0 Å². The van der Waals surface area contributed by atoms with E-state index in [-0.39, 0.29) is 30.1 Å². The minimum Gasteiger partial charge on any atom is -0.394 e. The van der Waals surface area contributed by atoms with Crippen LogP contribution in [0.3, 0.4) is 0 Å². The van der Waals surface area contributed by atoms with E-state index in [1.807, 2.05) is 35.2 Å².